The van der Waals surface area contributed by atoms with Crippen molar-refractivity contribution in [3.05, 3.63) is 0 Å². The number of anilines is 2. The molecule has 19 heavy (non-hydrogen) atoms. The first-order chi connectivity index (χ1) is 9.08. The molecular formula is C13H23N3O2S. The minimum Gasteiger partial charge on any atom is -0.484 e. The molecule has 0 spiro atoms. The summed E-state index contributed by atoms with van der Waals surface area (Å²) in [5, 5.41) is 1.03. The Morgan fingerprint density at radius 3 is 2.79 bits per heavy atom. The smallest absolute Gasteiger partial charge is 0.198 e. The van der Waals surface area contributed by atoms with Gasteiger partial charge in [0.25, 0.3) is 0 Å². The van der Waals surface area contributed by atoms with Crippen molar-refractivity contribution in [2.24, 2.45) is 5.92 Å². The molecule has 5 nitrogen and oxygen atoms in total. The number of hydrogen-bond acceptors (Lipinski definition) is 6. The van der Waals surface area contributed by atoms with Crippen molar-refractivity contribution < 1.29 is 9.47 Å². The normalized spacial score (nSPS) is 16.8. The lowest BCUT2D eigenvalue weighted by Crippen LogP contribution is -2.29. The molecule has 1 aliphatic heterocycles. The molecule has 1 fully saturated rings. The van der Waals surface area contributed by atoms with E-state index in [1.54, 1.807) is 0 Å². The Balaban J connectivity index is 2.03. The van der Waals surface area contributed by atoms with Gasteiger partial charge in [0.05, 0.1) is 6.10 Å². The molecule has 2 heterocycles. The number of rotatable bonds is 5. The van der Waals surface area contributed by atoms with Crippen molar-refractivity contribution in [1.82, 2.24) is 4.37 Å². The van der Waals surface area contributed by atoms with Crippen molar-refractivity contribution in [2.75, 3.05) is 37.4 Å². The summed E-state index contributed by atoms with van der Waals surface area (Å²) in [7, 11) is 2.08. The van der Waals surface area contributed by atoms with E-state index in [0.717, 1.165) is 43.4 Å². The van der Waals surface area contributed by atoms with E-state index in [9.17, 15) is 0 Å². The van der Waals surface area contributed by atoms with Gasteiger partial charge in [0, 0.05) is 26.8 Å². The van der Waals surface area contributed by atoms with Gasteiger partial charge in [-0.15, -0.1) is 0 Å². The predicted molar refractivity (Wildman–Crippen MR) is 79.1 cm³/mol. The summed E-state index contributed by atoms with van der Waals surface area (Å²) >= 11 is 1.41. The number of nitrogens with two attached hydrogens (primary N) is 1. The molecule has 1 aliphatic rings. The second-order valence-corrected chi connectivity index (χ2v) is 6.06. The Hall–Kier alpha value is -1.01. The molecule has 2 rings (SSSR count). The third-order valence-corrected chi connectivity index (χ3v) is 4.19. The minimum absolute atomic E-state index is 0.105. The largest absolute Gasteiger partial charge is 0.484 e. The number of nitrogens with zero attached hydrogens (tertiary/aromatic N) is 2. The third-order valence-electron chi connectivity index (χ3n) is 3.23. The maximum atomic E-state index is 5.89. The Labute approximate surface area is 118 Å². The Morgan fingerprint density at radius 1 is 1.47 bits per heavy atom. The molecule has 0 aliphatic carbocycles. The average molecular weight is 285 g/mol. The van der Waals surface area contributed by atoms with Crippen LogP contribution in [0.1, 0.15) is 26.7 Å². The summed E-state index contributed by atoms with van der Waals surface area (Å²) in [6.45, 7) is 6.75. The summed E-state index contributed by atoms with van der Waals surface area (Å²) < 4.78 is 15.4. The molecule has 1 aromatic heterocycles. The number of ether oxygens (including phenoxy) is 2. The monoisotopic (exact) mass is 285 g/mol. The molecule has 2 N–H and O–H groups in total. The fourth-order valence-corrected chi connectivity index (χ4v) is 2.99. The zero-order valence-electron chi connectivity index (χ0n) is 11.9. The van der Waals surface area contributed by atoms with E-state index in [-0.39, 0.29) is 6.10 Å². The first-order valence-electron chi connectivity index (χ1n) is 6.78. The predicted octanol–water partition coefficient (Wildman–Crippen LogP) is 2.38. The fourth-order valence-electron chi connectivity index (χ4n) is 2.27. The van der Waals surface area contributed by atoms with Crippen LogP contribution in [0.5, 0.6) is 5.75 Å². The summed E-state index contributed by atoms with van der Waals surface area (Å²) in [6.07, 6.45) is 2.35. The summed E-state index contributed by atoms with van der Waals surface area (Å²) in [5.41, 5.74) is 5.89. The third kappa shape index (κ3) is 3.73. The quantitative estimate of drug-likeness (QED) is 0.900. The Morgan fingerprint density at radius 2 is 2.16 bits per heavy atom. The zero-order chi connectivity index (χ0) is 13.8. The van der Waals surface area contributed by atoms with E-state index in [1.807, 2.05) is 13.8 Å². The van der Waals surface area contributed by atoms with Crippen molar-refractivity contribution in [3.63, 3.8) is 0 Å². The maximum absolute atomic E-state index is 5.89. The first kappa shape index (κ1) is 14.4. The van der Waals surface area contributed by atoms with Gasteiger partial charge < -0.3 is 20.1 Å². The highest BCUT2D eigenvalue weighted by molar-refractivity contribution is 7.11. The van der Waals surface area contributed by atoms with Crippen LogP contribution in [0.25, 0.3) is 0 Å². The summed E-state index contributed by atoms with van der Waals surface area (Å²) in [6, 6.07) is 0. The molecule has 0 atom stereocenters. The van der Waals surface area contributed by atoms with Gasteiger partial charge in [0.2, 0.25) is 0 Å². The minimum atomic E-state index is 0.105. The molecule has 1 saturated heterocycles. The molecule has 0 aromatic carbocycles. The molecule has 1 aromatic rings. The highest BCUT2D eigenvalue weighted by Crippen LogP contribution is 2.38. The maximum Gasteiger partial charge on any atom is 0.198 e. The lowest BCUT2D eigenvalue weighted by molar-refractivity contribution is 0.0685. The van der Waals surface area contributed by atoms with Crippen LogP contribution in [0, 0.1) is 5.92 Å². The summed E-state index contributed by atoms with van der Waals surface area (Å²) in [4.78, 5) is 2.21. The lowest BCUT2D eigenvalue weighted by atomic mass is 10.00. The van der Waals surface area contributed by atoms with Gasteiger partial charge in [-0.05, 0) is 44.1 Å². The molecule has 0 radical (unpaired) electrons. The van der Waals surface area contributed by atoms with Crippen LogP contribution in [-0.2, 0) is 4.74 Å². The number of nitrogen functional groups attached to an aromatic ring is 1. The van der Waals surface area contributed by atoms with Crippen molar-refractivity contribution in [2.45, 2.75) is 32.8 Å². The highest BCUT2D eigenvalue weighted by atomic mass is 32.1. The van der Waals surface area contributed by atoms with E-state index in [4.69, 9.17) is 15.2 Å². The van der Waals surface area contributed by atoms with Gasteiger partial charge in [0.1, 0.15) is 0 Å². The van der Waals surface area contributed by atoms with Crippen LogP contribution in [0.2, 0.25) is 0 Å². The van der Waals surface area contributed by atoms with Crippen LogP contribution in [-0.4, -0.2) is 37.3 Å². The highest BCUT2D eigenvalue weighted by Gasteiger charge is 2.21. The van der Waals surface area contributed by atoms with Gasteiger partial charge in [0.15, 0.2) is 16.6 Å². The average Bonchev–Trinajstić information content (AvgIpc) is 2.72. The topological polar surface area (TPSA) is 60.6 Å². The van der Waals surface area contributed by atoms with Gasteiger partial charge in [-0.2, -0.15) is 4.37 Å². The standard InChI is InChI=1S/C13H23N3O2S/c1-9(2)18-11-12(14)15-19-13(11)16(3)8-10-4-6-17-7-5-10/h9-10H,4-8H2,1-3H3,(H2,14,15). The molecular weight excluding hydrogens is 262 g/mol. The van der Waals surface area contributed by atoms with E-state index in [1.165, 1.54) is 11.5 Å². The first-order valence-corrected chi connectivity index (χ1v) is 7.56. The second kappa shape index (κ2) is 6.43. The molecule has 6 heteroatoms. The van der Waals surface area contributed by atoms with E-state index < -0.39 is 0 Å². The number of aromatic nitrogens is 1. The molecule has 0 bridgehead atoms. The number of hydrogen-bond donors (Lipinski definition) is 1. The fraction of sp³-hybridized carbons (Fsp3) is 0.769. The molecule has 0 unspecified atom stereocenters. The van der Waals surface area contributed by atoms with Gasteiger partial charge >= 0.3 is 0 Å². The summed E-state index contributed by atoms with van der Waals surface area (Å²) in [5.74, 6) is 1.90. The van der Waals surface area contributed by atoms with Crippen LogP contribution < -0.4 is 15.4 Å². The Bertz CT molecular complexity index is 403. The van der Waals surface area contributed by atoms with Crippen LogP contribution in [0.4, 0.5) is 10.8 Å². The van der Waals surface area contributed by atoms with Crippen LogP contribution in [0.15, 0.2) is 0 Å². The Kier molecular flexibility index (Phi) is 4.87. The van der Waals surface area contributed by atoms with Gasteiger partial charge in [-0.3, -0.25) is 0 Å². The van der Waals surface area contributed by atoms with E-state index in [0.29, 0.717) is 11.7 Å². The van der Waals surface area contributed by atoms with Crippen LogP contribution >= 0.6 is 11.5 Å². The molecule has 108 valence electrons. The van der Waals surface area contributed by atoms with Gasteiger partial charge in [-0.25, -0.2) is 0 Å². The van der Waals surface area contributed by atoms with Crippen molar-refractivity contribution in [1.29, 1.82) is 0 Å². The van der Waals surface area contributed by atoms with E-state index in [2.05, 4.69) is 16.3 Å². The molecule has 0 amide bonds. The van der Waals surface area contributed by atoms with E-state index >= 15 is 0 Å². The van der Waals surface area contributed by atoms with Crippen molar-refractivity contribution >= 4 is 22.4 Å². The zero-order valence-corrected chi connectivity index (χ0v) is 12.7. The van der Waals surface area contributed by atoms with Gasteiger partial charge in [-0.1, -0.05) is 0 Å². The van der Waals surface area contributed by atoms with Crippen molar-refractivity contribution in [3.8, 4) is 5.75 Å². The SMILES string of the molecule is CC(C)Oc1c(N)nsc1N(C)CC1CCOCC1. The van der Waals surface area contributed by atoms with Crippen LogP contribution in [0.3, 0.4) is 0 Å². The lowest BCUT2D eigenvalue weighted by Gasteiger charge is -2.28. The second-order valence-electron chi connectivity index (χ2n) is 5.30. The molecule has 0 saturated carbocycles.